The highest BCUT2D eigenvalue weighted by Crippen LogP contribution is 2.33. The Labute approximate surface area is 151 Å². The molecule has 3 aromatic rings. The molecule has 1 N–H and O–H groups in total. The van der Waals surface area contributed by atoms with E-state index in [1.54, 1.807) is 7.11 Å². The van der Waals surface area contributed by atoms with Crippen LogP contribution < -0.4 is 10.1 Å². The summed E-state index contributed by atoms with van der Waals surface area (Å²) in [5.41, 5.74) is 2.60. The number of hydrogen-bond donors (Lipinski definition) is 1. The van der Waals surface area contributed by atoms with Crippen molar-refractivity contribution in [3.8, 4) is 5.75 Å². The molecule has 0 amide bonds. The highest BCUT2D eigenvalue weighted by Gasteiger charge is 2.21. The summed E-state index contributed by atoms with van der Waals surface area (Å²) >= 11 is 6.17. The Morgan fingerprint density at radius 2 is 2.04 bits per heavy atom. The molecule has 0 unspecified atom stereocenters. The molecule has 130 valence electrons. The fourth-order valence-electron chi connectivity index (χ4n) is 3.49. The van der Waals surface area contributed by atoms with E-state index in [1.165, 1.54) is 12.8 Å². The highest BCUT2D eigenvalue weighted by molar-refractivity contribution is 6.28. The number of fused-ring (bicyclic) bond motifs is 1. The number of benzene rings is 1. The van der Waals surface area contributed by atoms with Crippen LogP contribution >= 0.6 is 11.6 Å². The third-order valence-electron chi connectivity index (χ3n) is 4.75. The molecule has 1 aromatic carbocycles. The number of ether oxygens (including phenoxy) is 1. The number of anilines is 1. The van der Waals surface area contributed by atoms with Crippen LogP contribution in [0, 0.1) is 0 Å². The third kappa shape index (κ3) is 3.14. The topological polar surface area (TPSA) is 64.9 Å². The van der Waals surface area contributed by atoms with Crippen LogP contribution in [-0.2, 0) is 6.54 Å². The zero-order chi connectivity index (χ0) is 17.2. The van der Waals surface area contributed by atoms with Crippen LogP contribution in [0.3, 0.4) is 0 Å². The molecule has 1 saturated carbocycles. The van der Waals surface area contributed by atoms with Gasteiger partial charge >= 0.3 is 0 Å². The maximum atomic E-state index is 6.17. The van der Waals surface area contributed by atoms with Crippen LogP contribution in [0.1, 0.15) is 37.3 Å². The molecule has 1 aliphatic carbocycles. The summed E-state index contributed by atoms with van der Waals surface area (Å²) < 4.78 is 7.54. The van der Waals surface area contributed by atoms with Gasteiger partial charge in [0.2, 0.25) is 5.28 Å². The van der Waals surface area contributed by atoms with E-state index in [9.17, 15) is 0 Å². The number of aromatic nitrogens is 4. The summed E-state index contributed by atoms with van der Waals surface area (Å²) in [6, 6.07) is 8.34. The molecule has 2 aromatic heterocycles. The molecule has 4 rings (SSSR count). The molecule has 25 heavy (non-hydrogen) atoms. The van der Waals surface area contributed by atoms with Crippen LogP contribution in [-0.4, -0.2) is 26.6 Å². The van der Waals surface area contributed by atoms with Gasteiger partial charge < -0.3 is 14.6 Å². The largest absolute Gasteiger partial charge is 0.496 e. The number of methoxy groups -OCH3 is 1. The standard InChI is InChI=1S/C18H20ClN5O/c1-25-14-9-5-2-6-12(14)10-20-16-15-17(23-18(19)22-16)24(11-21-15)13-7-3-4-8-13/h2,5-6,9,11,13H,3-4,7-8,10H2,1H3,(H,20,22,23). The van der Waals surface area contributed by atoms with Crippen molar-refractivity contribution < 1.29 is 4.74 Å². The van der Waals surface area contributed by atoms with Crippen molar-refractivity contribution in [2.24, 2.45) is 0 Å². The fourth-order valence-corrected chi connectivity index (χ4v) is 3.66. The molecule has 6 nitrogen and oxygen atoms in total. The molecule has 0 bridgehead atoms. The number of imidazole rings is 1. The van der Waals surface area contributed by atoms with E-state index in [-0.39, 0.29) is 5.28 Å². The lowest BCUT2D eigenvalue weighted by Gasteiger charge is -2.13. The first-order chi connectivity index (χ1) is 12.3. The summed E-state index contributed by atoms with van der Waals surface area (Å²) in [4.78, 5) is 13.3. The van der Waals surface area contributed by atoms with Crippen LogP contribution in [0.5, 0.6) is 5.75 Å². The second kappa shape index (κ2) is 6.88. The summed E-state index contributed by atoms with van der Waals surface area (Å²) in [7, 11) is 1.67. The van der Waals surface area contributed by atoms with Crippen molar-refractivity contribution in [2.75, 3.05) is 12.4 Å². The molecule has 1 fully saturated rings. The number of nitrogens with one attached hydrogen (secondary N) is 1. The van der Waals surface area contributed by atoms with Crippen molar-refractivity contribution >= 4 is 28.6 Å². The van der Waals surface area contributed by atoms with Gasteiger partial charge in [-0.3, -0.25) is 0 Å². The van der Waals surface area contributed by atoms with Crippen LogP contribution in [0.15, 0.2) is 30.6 Å². The first-order valence-electron chi connectivity index (χ1n) is 8.52. The Morgan fingerprint density at radius 1 is 1.24 bits per heavy atom. The maximum Gasteiger partial charge on any atom is 0.226 e. The number of para-hydroxylation sites is 1. The lowest BCUT2D eigenvalue weighted by molar-refractivity contribution is 0.410. The SMILES string of the molecule is COc1ccccc1CNc1nc(Cl)nc2c1ncn2C1CCCC1. The van der Waals surface area contributed by atoms with Crippen LogP contribution in [0.2, 0.25) is 5.28 Å². The van der Waals surface area contributed by atoms with E-state index in [2.05, 4.69) is 24.8 Å². The van der Waals surface area contributed by atoms with Gasteiger partial charge in [-0.05, 0) is 30.5 Å². The fraction of sp³-hybridized carbons (Fsp3) is 0.389. The molecule has 2 heterocycles. The average Bonchev–Trinajstić information content (AvgIpc) is 3.29. The van der Waals surface area contributed by atoms with Crippen molar-refractivity contribution in [1.82, 2.24) is 19.5 Å². The molecule has 0 atom stereocenters. The lowest BCUT2D eigenvalue weighted by atomic mass is 10.2. The zero-order valence-corrected chi connectivity index (χ0v) is 14.8. The van der Waals surface area contributed by atoms with Gasteiger partial charge in [-0.2, -0.15) is 9.97 Å². The van der Waals surface area contributed by atoms with Crippen LogP contribution in [0.25, 0.3) is 11.2 Å². The van der Waals surface area contributed by atoms with Gasteiger partial charge in [-0.15, -0.1) is 0 Å². The number of nitrogens with zero attached hydrogens (tertiary/aromatic N) is 4. The van der Waals surface area contributed by atoms with Gasteiger partial charge in [-0.1, -0.05) is 31.0 Å². The molecular formula is C18H20ClN5O. The Morgan fingerprint density at radius 3 is 2.84 bits per heavy atom. The Bertz CT molecular complexity index is 888. The van der Waals surface area contributed by atoms with Gasteiger partial charge in [0.15, 0.2) is 17.0 Å². The van der Waals surface area contributed by atoms with Crippen LogP contribution in [0.4, 0.5) is 5.82 Å². The van der Waals surface area contributed by atoms with Gasteiger partial charge in [0.25, 0.3) is 0 Å². The minimum Gasteiger partial charge on any atom is -0.496 e. The predicted molar refractivity (Wildman–Crippen MR) is 98.2 cm³/mol. The number of rotatable bonds is 5. The Kier molecular flexibility index (Phi) is 4.44. The summed E-state index contributed by atoms with van der Waals surface area (Å²) in [5.74, 6) is 1.49. The zero-order valence-electron chi connectivity index (χ0n) is 14.1. The second-order valence-electron chi connectivity index (χ2n) is 6.27. The normalized spacial score (nSPS) is 15.0. The molecular weight excluding hydrogens is 338 g/mol. The molecule has 7 heteroatoms. The first kappa shape index (κ1) is 16.1. The minimum absolute atomic E-state index is 0.231. The van der Waals surface area contributed by atoms with Crippen molar-refractivity contribution in [2.45, 2.75) is 38.3 Å². The van der Waals surface area contributed by atoms with E-state index < -0.39 is 0 Å². The first-order valence-corrected chi connectivity index (χ1v) is 8.90. The smallest absolute Gasteiger partial charge is 0.226 e. The predicted octanol–water partition coefficient (Wildman–Crippen LogP) is 4.22. The average molecular weight is 358 g/mol. The molecule has 0 radical (unpaired) electrons. The maximum absolute atomic E-state index is 6.17. The van der Waals surface area contributed by atoms with Crippen molar-refractivity contribution in [3.63, 3.8) is 0 Å². The summed E-state index contributed by atoms with van der Waals surface area (Å²) in [6.07, 6.45) is 6.69. The highest BCUT2D eigenvalue weighted by atomic mass is 35.5. The van der Waals surface area contributed by atoms with Gasteiger partial charge in [-0.25, -0.2) is 4.98 Å². The van der Waals surface area contributed by atoms with Gasteiger partial charge in [0.05, 0.1) is 13.4 Å². The lowest BCUT2D eigenvalue weighted by Crippen LogP contribution is -2.07. The van der Waals surface area contributed by atoms with Gasteiger partial charge in [0.1, 0.15) is 5.75 Å². The summed E-state index contributed by atoms with van der Waals surface area (Å²) in [6.45, 7) is 0.572. The second-order valence-corrected chi connectivity index (χ2v) is 6.61. The van der Waals surface area contributed by atoms with Crippen molar-refractivity contribution in [3.05, 3.63) is 41.4 Å². The Hall–Kier alpha value is -2.34. The molecule has 0 spiro atoms. The van der Waals surface area contributed by atoms with E-state index >= 15 is 0 Å². The Balaban J connectivity index is 1.65. The number of hydrogen-bond acceptors (Lipinski definition) is 5. The van der Waals surface area contributed by atoms with Gasteiger partial charge in [0, 0.05) is 18.2 Å². The monoisotopic (exact) mass is 357 g/mol. The summed E-state index contributed by atoms with van der Waals surface area (Å²) in [5, 5.41) is 3.56. The van der Waals surface area contributed by atoms with E-state index in [1.807, 2.05) is 30.6 Å². The minimum atomic E-state index is 0.231. The quantitative estimate of drug-likeness (QED) is 0.693. The molecule has 0 saturated heterocycles. The van der Waals surface area contributed by atoms with Crippen molar-refractivity contribution in [1.29, 1.82) is 0 Å². The van der Waals surface area contributed by atoms with E-state index in [0.717, 1.165) is 35.3 Å². The number of halogens is 1. The van der Waals surface area contributed by atoms with E-state index in [0.29, 0.717) is 18.4 Å². The van der Waals surface area contributed by atoms with E-state index in [4.69, 9.17) is 16.3 Å². The molecule has 0 aliphatic heterocycles. The third-order valence-corrected chi connectivity index (χ3v) is 4.92. The molecule has 1 aliphatic rings.